The third-order valence-corrected chi connectivity index (χ3v) is 13.8. The minimum absolute atomic E-state index is 0.0942. The van der Waals surface area contributed by atoms with Crippen LogP contribution in [0.5, 0.6) is 0 Å². The van der Waals surface area contributed by atoms with Crippen molar-refractivity contribution in [2.45, 2.75) is 316 Å². The van der Waals surface area contributed by atoms with Crippen LogP contribution in [0, 0.1) is 0 Å². The Labute approximate surface area is 470 Å². The lowest BCUT2D eigenvalue weighted by Crippen LogP contribution is -2.30. The van der Waals surface area contributed by atoms with Crippen LogP contribution in [0.15, 0.2) is 97.2 Å². The molecule has 6 nitrogen and oxygen atoms in total. The van der Waals surface area contributed by atoms with Crippen molar-refractivity contribution >= 4 is 17.9 Å². The van der Waals surface area contributed by atoms with Crippen LogP contribution >= 0.6 is 0 Å². The molecule has 0 radical (unpaired) electrons. The first-order valence-corrected chi connectivity index (χ1v) is 32.2. The minimum atomic E-state index is -0.802. The van der Waals surface area contributed by atoms with E-state index in [0.29, 0.717) is 12.8 Å². The third-order valence-electron chi connectivity index (χ3n) is 13.8. The van der Waals surface area contributed by atoms with Crippen molar-refractivity contribution in [2.24, 2.45) is 0 Å². The summed E-state index contributed by atoms with van der Waals surface area (Å²) >= 11 is 0. The molecule has 0 aliphatic heterocycles. The fourth-order valence-electron chi connectivity index (χ4n) is 8.97. The molecular formula is C70H120O6. The molecule has 0 fully saturated rings. The lowest BCUT2D eigenvalue weighted by molar-refractivity contribution is -0.167. The van der Waals surface area contributed by atoms with Gasteiger partial charge < -0.3 is 14.2 Å². The molecule has 0 aromatic carbocycles. The van der Waals surface area contributed by atoms with Gasteiger partial charge in [0.25, 0.3) is 0 Å². The van der Waals surface area contributed by atoms with Crippen LogP contribution in [-0.4, -0.2) is 37.2 Å². The second kappa shape index (κ2) is 63.9. The molecule has 0 saturated heterocycles. The highest BCUT2D eigenvalue weighted by Gasteiger charge is 2.19. The van der Waals surface area contributed by atoms with Crippen LogP contribution in [0.25, 0.3) is 0 Å². The summed E-state index contributed by atoms with van der Waals surface area (Å²) < 4.78 is 16.9. The Kier molecular flexibility index (Phi) is 60.8. The summed E-state index contributed by atoms with van der Waals surface area (Å²) in [6.45, 7) is 6.50. The van der Waals surface area contributed by atoms with Crippen LogP contribution in [0.3, 0.4) is 0 Å². The van der Waals surface area contributed by atoms with E-state index in [1.165, 1.54) is 161 Å². The number of ether oxygens (including phenoxy) is 3. The van der Waals surface area contributed by atoms with E-state index in [9.17, 15) is 14.4 Å². The van der Waals surface area contributed by atoms with Crippen LogP contribution in [0.4, 0.5) is 0 Å². The van der Waals surface area contributed by atoms with Gasteiger partial charge in [0.2, 0.25) is 0 Å². The number of carbonyl (C=O) groups is 3. The molecule has 0 aromatic rings. The quantitative estimate of drug-likeness (QED) is 0.0261. The molecule has 0 amide bonds. The Morgan fingerprint density at radius 3 is 0.842 bits per heavy atom. The zero-order valence-corrected chi connectivity index (χ0v) is 50.0. The topological polar surface area (TPSA) is 78.9 Å². The summed E-state index contributed by atoms with van der Waals surface area (Å²) in [6, 6.07) is 0. The number of carbonyl (C=O) groups excluding carboxylic acids is 3. The summed E-state index contributed by atoms with van der Waals surface area (Å²) in [6.07, 6.45) is 85.5. The van der Waals surface area contributed by atoms with Crippen molar-refractivity contribution in [3.63, 3.8) is 0 Å². The highest BCUT2D eigenvalue weighted by Crippen LogP contribution is 2.16. The molecule has 6 heteroatoms. The van der Waals surface area contributed by atoms with Gasteiger partial charge in [-0.15, -0.1) is 0 Å². The highest BCUT2D eigenvalue weighted by molar-refractivity contribution is 5.71. The van der Waals surface area contributed by atoms with Gasteiger partial charge in [0.15, 0.2) is 6.10 Å². The number of hydrogen-bond acceptors (Lipinski definition) is 6. The maximum Gasteiger partial charge on any atom is 0.306 e. The number of rotatable bonds is 58. The molecule has 436 valence electrons. The molecule has 1 atom stereocenters. The monoisotopic (exact) mass is 1060 g/mol. The van der Waals surface area contributed by atoms with Crippen LogP contribution < -0.4 is 0 Å². The first-order chi connectivity index (χ1) is 37.5. The average molecular weight is 1060 g/mol. The predicted molar refractivity (Wildman–Crippen MR) is 330 cm³/mol. The van der Waals surface area contributed by atoms with Gasteiger partial charge in [0, 0.05) is 19.3 Å². The van der Waals surface area contributed by atoms with E-state index in [1.54, 1.807) is 0 Å². The second-order valence-electron chi connectivity index (χ2n) is 21.3. The molecular weight excluding hydrogens is 937 g/mol. The van der Waals surface area contributed by atoms with Crippen molar-refractivity contribution in [1.29, 1.82) is 0 Å². The minimum Gasteiger partial charge on any atom is -0.462 e. The van der Waals surface area contributed by atoms with Gasteiger partial charge in [-0.1, -0.05) is 266 Å². The fourth-order valence-corrected chi connectivity index (χ4v) is 8.97. The highest BCUT2D eigenvalue weighted by atomic mass is 16.6. The summed E-state index contributed by atoms with van der Waals surface area (Å²) in [5.41, 5.74) is 0. The van der Waals surface area contributed by atoms with Gasteiger partial charge in [-0.05, 0) is 122 Å². The van der Waals surface area contributed by atoms with Crippen LogP contribution in [0.2, 0.25) is 0 Å². The molecule has 0 aliphatic carbocycles. The summed E-state index contributed by atoms with van der Waals surface area (Å²) in [7, 11) is 0. The zero-order valence-electron chi connectivity index (χ0n) is 50.0. The fraction of sp³-hybridized carbons (Fsp3) is 0.729. The molecule has 0 bridgehead atoms. The van der Waals surface area contributed by atoms with E-state index in [1.807, 2.05) is 0 Å². The van der Waals surface area contributed by atoms with Gasteiger partial charge in [-0.2, -0.15) is 0 Å². The molecule has 0 aliphatic rings. The van der Waals surface area contributed by atoms with Crippen molar-refractivity contribution in [3.8, 4) is 0 Å². The molecule has 0 saturated carbocycles. The first kappa shape index (κ1) is 72.3. The predicted octanol–water partition coefficient (Wildman–Crippen LogP) is 22.0. The van der Waals surface area contributed by atoms with Crippen molar-refractivity contribution in [3.05, 3.63) is 97.2 Å². The number of allylic oxidation sites excluding steroid dienone is 16. The summed E-state index contributed by atoms with van der Waals surface area (Å²) in [4.78, 5) is 38.4. The Hall–Kier alpha value is -3.67. The molecule has 76 heavy (non-hydrogen) atoms. The number of hydrogen-bond donors (Lipinski definition) is 0. The van der Waals surface area contributed by atoms with E-state index < -0.39 is 6.10 Å². The van der Waals surface area contributed by atoms with Crippen molar-refractivity contribution in [1.82, 2.24) is 0 Å². The van der Waals surface area contributed by atoms with E-state index in [2.05, 4.69) is 118 Å². The lowest BCUT2D eigenvalue weighted by Gasteiger charge is -2.18. The smallest absolute Gasteiger partial charge is 0.306 e. The van der Waals surface area contributed by atoms with E-state index >= 15 is 0 Å². The van der Waals surface area contributed by atoms with Gasteiger partial charge in [0.1, 0.15) is 13.2 Å². The van der Waals surface area contributed by atoms with Crippen LogP contribution in [0.1, 0.15) is 310 Å². The molecule has 0 rings (SSSR count). The molecule has 0 spiro atoms. The van der Waals surface area contributed by atoms with Gasteiger partial charge >= 0.3 is 17.9 Å². The lowest BCUT2D eigenvalue weighted by atomic mass is 10.1. The Morgan fingerprint density at radius 1 is 0.276 bits per heavy atom. The molecule has 0 heterocycles. The van der Waals surface area contributed by atoms with Gasteiger partial charge in [-0.3, -0.25) is 14.4 Å². The molecule has 0 aromatic heterocycles. The summed E-state index contributed by atoms with van der Waals surface area (Å²) in [5, 5.41) is 0. The Balaban J connectivity index is 4.44. The van der Waals surface area contributed by atoms with Crippen molar-refractivity contribution in [2.75, 3.05) is 13.2 Å². The molecule has 0 N–H and O–H groups in total. The maximum absolute atomic E-state index is 12.9. The van der Waals surface area contributed by atoms with Gasteiger partial charge in [-0.25, -0.2) is 0 Å². The molecule has 1 unspecified atom stereocenters. The summed E-state index contributed by atoms with van der Waals surface area (Å²) in [5.74, 6) is -0.927. The zero-order chi connectivity index (χ0) is 55.0. The van der Waals surface area contributed by atoms with E-state index in [0.717, 1.165) is 109 Å². The first-order valence-electron chi connectivity index (χ1n) is 32.2. The van der Waals surface area contributed by atoms with Gasteiger partial charge in [0.05, 0.1) is 0 Å². The van der Waals surface area contributed by atoms with E-state index in [4.69, 9.17) is 14.2 Å². The van der Waals surface area contributed by atoms with E-state index in [-0.39, 0.29) is 37.5 Å². The third kappa shape index (κ3) is 61.2. The normalized spacial score (nSPS) is 12.7. The Morgan fingerprint density at radius 2 is 0.513 bits per heavy atom. The second-order valence-corrected chi connectivity index (χ2v) is 21.3. The van der Waals surface area contributed by atoms with Crippen molar-refractivity contribution < 1.29 is 28.6 Å². The largest absolute Gasteiger partial charge is 0.462 e. The standard InChI is InChI=1S/C70H120O6/c1-4-7-10-13-16-19-22-25-28-31-34-35-37-39-42-45-48-51-54-57-60-63-69(72)75-66-67(65-74-68(71)62-59-56-53-50-47-44-41-38-33-30-27-24-21-18-15-12-9-6-3)76-70(73)64-61-58-55-52-49-46-43-40-36-32-29-26-23-20-17-14-11-8-5-2/h8,11,17,20-21,24,26,29-31,33-34,36,40,46,49,67H,4-7,9-10,12-16,18-19,22-23,25,27-28,32,35,37-39,41-45,47-48,50-66H2,1-3H3/b11-8-,20-17-,24-21-,29-26-,33-30-,34-31-,40-36-,49-46-. The average Bonchev–Trinajstić information content (AvgIpc) is 3.42. The number of unbranched alkanes of at least 4 members (excludes halogenated alkanes) is 31. The Bertz CT molecular complexity index is 1490. The SMILES string of the molecule is CC/C=C\C/C=C\C/C=C\C/C=C\C/C=C\CCCCCC(=O)OC(COC(=O)CCCCCCCCC/C=C\C/C=C\CCCCCC)COC(=O)CCCCCCCCCCC/C=C\CCCCCCCCCC. The van der Waals surface area contributed by atoms with Crippen LogP contribution in [-0.2, 0) is 28.6 Å². The number of esters is 3. The maximum atomic E-state index is 12.9.